The van der Waals surface area contributed by atoms with Crippen molar-refractivity contribution >= 4 is 5.91 Å². The van der Waals surface area contributed by atoms with E-state index in [0.717, 1.165) is 26.1 Å². The molecule has 0 aromatic heterocycles. The summed E-state index contributed by atoms with van der Waals surface area (Å²) in [5.41, 5.74) is 0. The topological polar surface area (TPSA) is 41.6 Å². The largest absolute Gasteiger partial charge is 0.373 e. The van der Waals surface area contributed by atoms with Crippen LogP contribution in [0.1, 0.15) is 26.7 Å². The number of hydrogen-bond acceptors (Lipinski definition) is 3. The van der Waals surface area contributed by atoms with E-state index in [2.05, 4.69) is 19.2 Å². The quantitative estimate of drug-likeness (QED) is 0.759. The van der Waals surface area contributed by atoms with Crippen LogP contribution in [0.3, 0.4) is 0 Å². The van der Waals surface area contributed by atoms with Crippen molar-refractivity contribution in [2.45, 2.75) is 32.8 Å². The Kier molecular flexibility index (Phi) is 5.77. The number of rotatable bonds is 5. The Morgan fingerprint density at radius 3 is 3.00 bits per heavy atom. The van der Waals surface area contributed by atoms with Crippen LogP contribution in [-0.2, 0) is 9.53 Å². The van der Waals surface area contributed by atoms with Crippen molar-refractivity contribution in [3.05, 3.63) is 0 Å². The Bertz CT molecular complexity index is 219. The molecule has 0 aromatic rings. The monoisotopic (exact) mass is 228 g/mol. The van der Waals surface area contributed by atoms with Crippen LogP contribution in [0.2, 0.25) is 0 Å². The van der Waals surface area contributed by atoms with Crippen LogP contribution >= 0.6 is 0 Å². The number of hydrogen-bond donors (Lipinski definition) is 1. The van der Waals surface area contributed by atoms with E-state index in [9.17, 15) is 4.79 Å². The summed E-state index contributed by atoms with van der Waals surface area (Å²) in [6, 6.07) is 0. The number of amides is 1. The van der Waals surface area contributed by atoms with E-state index in [-0.39, 0.29) is 12.0 Å². The SMILES string of the molecule is CCC(C)CC(=O)N1CCOC(CNC)C1. The smallest absolute Gasteiger partial charge is 0.223 e. The maximum absolute atomic E-state index is 12.0. The predicted molar refractivity (Wildman–Crippen MR) is 64.3 cm³/mol. The van der Waals surface area contributed by atoms with Gasteiger partial charge in [0.05, 0.1) is 12.7 Å². The molecule has 1 rings (SSSR count). The van der Waals surface area contributed by atoms with Gasteiger partial charge < -0.3 is 15.0 Å². The summed E-state index contributed by atoms with van der Waals surface area (Å²) in [7, 11) is 1.91. The summed E-state index contributed by atoms with van der Waals surface area (Å²) in [4.78, 5) is 13.9. The van der Waals surface area contributed by atoms with Crippen LogP contribution in [0, 0.1) is 5.92 Å². The van der Waals surface area contributed by atoms with Gasteiger partial charge in [-0.05, 0) is 13.0 Å². The molecule has 94 valence electrons. The molecule has 1 heterocycles. The number of morpholine rings is 1. The van der Waals surface area contributed by atoms with Gasteiger partial charge in [0, 0.05) is 26.1 Å². The van der Waals surface area contributed by atoms with Crippen LogP contribution < -0.4 is 5.32 Å². The van der Waals surface area contributed by atoms with Crippen LogP contribution in [0.25, 0.3) is 0 Å². The highest BCUT2D eigenvalue weighted by Gasteiger charge is 2.24. The standard InChI is InChI=1S/C12H24N2O2/c1-4-10(2)7-12(15)14-5-6-16-11(9-14)8-13-3/h10-11,13H,4-9H2,1-3H3. The molecule has 16 heavy (non-hydrogen) atoms. The third kappa shape index (κ3) is 4.10. The van der Waals surface area contributed by atoms with Crippen molar-refractivity contribution in [2.75, 3.05) is 33.3 Å². The minimum atomic E-state index is 0.152. The number of nitrogens with one attached hydrogen (secondary N) is 1. The first kappa shape index (κ1) is 13.5. The number of likely N-dealkylation sites (N-methyl/N-ethyl adjacent to an activating group) is 1. The van der Waals surface area contributed by atoms with Gasteiger partial charge in [-0.1, -0.05) is 20.3 Å². The second kappa shape index (κ2) is 6.86. The van der Waals surface area contributed by atoms with Gasteiger partial charge in [0.25, 0.3) is 0 Å². The first-order valence-corrected chi connectivity index (χ1v) is 6.21. The molecule has 1 N–H and O–H groups in total. The zero-order valence-electron chi connectivity index (χ0n) is 10.7. The van der Waals surface area contributed by atoms with Gasteiger partial charge in [-0.25, -0.2) is 0 Å². The third-order valence-electron chi connectivity index (χ3n) is 3.14. The minimum absolute atomic E-state index is 0.152. The molecule has 0 bridgehead atoms. The van der Waals surface area contributed by atoms with Gasteiger partial charge in [-0.2, -0.15) is 0 Å². The normalized spacial score (nSPS) is 23.2. The van der Waals surface area contributed by atoms with Gasteiger partial charge in [0.1, 0.15) is 0 Å². The van der Waals surface area contributed by atoms with Crippen molar-refractivity contribution < 1.29 is 9.53 Å². The van der Waals surface area contributed by atoms with Gasteiger partial charge in [0.15, 0.2) is 0 Å². The Hall–Kier alpha value is -0.610. The van der Waals surface area contributed by atoms with E-state index in [1.165, 1.54) is 0 Å². The lowest BCUT2D eigenvalue weighted by Crippen LogP contribution is -2.48. The molecule has 0 radical (unpaired) electrons. The van der Waals surface area contributed by atoms with Crippen molar-refractivity contribution in [2.24, 2.45) is 5.92 Å². The molecule has 1 aliphatic heterocycles. The average molecular weight is 228 g/mol. The second-order valence-electron chi connectivity index (χ2n) is 4.61. The van der Waals surface area contributed by atoms with Gasteiger partial charge >= 0.3 is 0 Å². The van der Waals surface area contributed by atoms with Gasteiger partial charge in [0.2, 0.25) is 5.91 Å². The molecule has 2 unspecified atom stereocenters. The molecule has 1 aliphatic rings. The Morgan fingerprint density at radius 1 is 1.62 bits per heavy atom. The Morgan fingerprint density at radius 2 is 2.38 bits per heavy atom. The zero-order chi connectivity index (χ0) is 12.0. The highest BCUT2D eigenvalue weighted by atomic mass is 16.5. The zero-order valence-corrected chi connectivity index (χ0v) is 10.7. The highest BCUT2D eigenvalue weighted by molar-refractivity contribution is 5.76. The summed E-state index contributed by atoms with van der Waals surface area (Å²) >= 11 is 0. The molecule has 2 atom stereocenters. The van der Waals surface area contributed by atoms with Crippen LogP contribution in [0.5, 0.6) is 0 Å². The molecular formula is C12H24N2O2. The van der Waals surface area contributed by atoms with Crippen molar-refractivity contribution in [1.82, 2.24) is 10.2 Å². The lowest BCUT2D eigenvalue weighted by Gasteiger charge is -2.33. The fourth-order valence-electron chi connectivity index (χ4n) is 1.87. The molecule has 0 saturated carbocycles. The van der Waals surface area contributed by atoms with E-state index >= 15 is 0 Å². The molecule has 1 saturated heterocycles. The van der Waals surface area contributed by atoms with Crippen LogP contribution in [-0.4, -0.2) is 50.2 Å². The molecule has 1 amide bonds. The van der Waals surface area contributed by atoms with E-state index in [1.807, 2.05) is 11.9 Å². The third-order valence-corrected chi connectivity index (χ3v) is 3.14. The number of ether oxygens (including phenoxy) is 1. The fourth-order valence-corrected chi connectivity index (χ4v) is 1.87. The number of carbonyl (C=O) groups is 1. The van der Waals surface area contributed by atoms with Crippen molar-refractivity contribution in [1.29, 1.82) is 0 Å². The summed E-state index contributed by atoms with van der Waals surface area (Å²) in [5.74, 6) is 0.761. The van der Waals surface area contributed by atoms with Crippen LogP contribution in [0.15, 0.2) is 0 Å². The maximum atomic E-state index is 12.0. The molecule has 0 spiro atoms. The maximum Gasteiger partial charge on any atom is 0.223 e. The lowest BCUT2D eigenvalue weighted by atomic mass is 10.0. The van der Waals surface area contributed by atoms with E-state index in [4.69, 9.17) is 4.74 Å². The molecule has 0 aromatic carbocycles. The number of nitrogens with zero attached hydrogens (tertiary/aromatic N) is 1. The molecule has 4 nitrogen and oxygen atoms in total. The first-order chi connectivity index (χ1) is 7.67. The fraction of sp³-hybridized carbons (Fsp3) is 0.917. The summed E-state index contributed by atoms with van der Waals surface area (Å²) in [6.45, 7) is 7.21. The number of carbonyl (C=O) groups excluding carboxylic acids is 1. The minimum Gasteiger partial charge on any atom is -0.373 e. The van der Waals surface area contributed by atoms with Crippen molar-refractivity contribution in [3.8, 4) is 0 Å². The summed E-state index contributed by atoms with van der Waals surface area (Å²) < 4.78 is 5.57. The lowest BCUT2D eigenvalue weighted by molar-refractivity contribution is -0.139. The van der Waals surface area contributed by atoms with E-state index in [0.29, 0.717) is 18.9 Å². The first-order valence-electron chi connectivity index (χ1n) is 6.21. The van der Waals surface area contributed by atoms with Gasteiger partial charge in [-0.3, -0.25) is 4.79 Å². The predicted octanol–water partition coefficient (Wildman–Crippen LogP) is 0.869. The molecular weight excluding hydrogens is 204 g/mol. The summed E-state index contributed by atoms with van der Waals surface area (Å²) in [6.07, 6.45) is 1.89. The average Bonchev–Trinajstić information content (AvgIpc) is 2.29. The van der Waals surface area contributed by atoms with Crippen molar-refractivity contribution in [3.63, 3.8) is 0 Å². The molecule has 0 aliphatic carbocycles. The van der Waals surface area contributed by atoms with E-state index < -0.39 is 0 Å². The molecule has 1 fully saturated rings. The Balaban J connectivity index is 2.37. The highest BCUT2D eigenvalue weighted by Crippen LogP contribution is 2.12. The van der Waals surface area contributed by atoms with Crippen LogP contribution in [0.4, 0.5) is 0 Å². The Labute approximate surface area is 98.3 Å². The van der Waals surface area contributed by atoms with Gasteiger partial charge in [-0.15, -0.1) is 0 Å². The second-order valence-corrected chi connectivity index (χ2v) is 4.61. The summed E-state index contributed by atoms with van der Waals surface area (Å²) in [5, 5.41) is 3.09. The molecule has 4 heteroatoms. The van der Waals surface area contributed by atoms with E-state index in [1.54, 1.807) is 0 Å².